The maximum atomic E-state index is 10.6. The Bertz CT molecular complexity index is 133. The fourth-order valence-corrected chi connectivity index (χ4v) is 0.690. The average molecular weight is 194 g/mol. The van der Waals surface area contributed by atoms with Crippen molar-refractivity contribution < 1.29 is 9.63 Å². The molecule has 0 radical (unpaired) electrons. The molecule has 9 heavy (non-hydrogen) atoms. The van der Waals surface area contributed by atoms with Crippen molar-refractivity contribution in [1.29, 1.82) is 0 Å². The van der Waals surface area contributed by atoms with Crippen molar-refractivity contribution in [2.75, 3.05) is 12.4 Å². The monoisotopic (exact) mass is 193 g/mol. The van der Waals surface area contributed by atoms with E-state index in [9.17, 15) is 4.79 Å². The van der Waals surface area contributed by atoms with Crippen molar-refractivity contribution in [3.63, 3.8) is 0 Å². The number of oxime groups is 1. The molecule has 0 aliphatic rings. The lowest BCUT2D eigenvalue weighted by Crippen LogP contribution is -2.10. The van der Waals surface area contributed by atoms with Crippen LogP contribution in [0.2, 0.25) is 0 Å². The molecule has 0 spiro atoms. The molecule has 0 saturated carbocycles. The summed E-state index contributed by atoms with van der Waals surface area (Å²) in [6, 6.07) is 0. The zero-order valence-corrected chi connectivity index (χ0v) is 6.93. The van der Waals surface area contributed by atoms with Gasteiger partial charge in [-0.15, -0.1) is 0 Å². The van der Waals surface area contributed by atoms with Gasteiger partial charge in [0, 0.05) is 0 Å². The van der Waals surface area contributed by atoms with E-state index in [4.69, 9.17) is 0 Å². The minimum Gasteiger partial charge on any atom is -0.399 e. The number of hydrogen-bond acceptors (Lipinski definition) is 3. The van der Waals surface area contributed by atoms with Gasteiger partial charge in [-0.3, -0.25) is 4.79 Å². The van der Waals surface area contributed by atoms with Crippen LogP contribution in [0.4, 0.5) is 0 Å². The smallest absolute Gasteiger partial charge is 0.190 e. The third-order valence-corrected chi connectivity index (χ3v) is 1.26. The molecule has 0 unspecified atom stereocenters. The van der Waals surface area contributed by atoms with E-state index < -0.39 is 0 Å². The molecular weight excluding hydrogens is 186 g/mol. The highest BCUT2D eigenvalue weighted by molar-refractivity contribution is 9.09. The van der Waals surface area contributed by atoms with Crippen LogP contribution >= 0.6 is 15.9 Å². The summed E-state index contributed by atoms with van der Waals surface area (Å²) in [6.45, 7) is 1.60. The molecular formula is C5H8BrNO2. The van der Waals surface area contributed by atoms with E-state index in [1.807, 2.05) is 0 Å². The molecule has 0 aromatic carbocycles. The second kappa shape index (κ2) is 4.49. The van der Waals surface area contributed by atoms with E-state index >= 15 is 0 Å². The van der Waals surface area contributed by atoms with Crippen LogP contribution in [-0.4, -0.2) is 23.9 Å². The molecule has 0 bridgehead atoms. The Morgan fingerprint density at radius 2 is 2.33 bits per heavy atom. The molecule has 0 aliphatic carbocycles. The van der Waals surface area contributed by atoms with Gasteiger partial charge in [0.1, 0.15) is 12.8 Å². The Balaban J connectivity index is 3.86. The first kappa shape index (κ1) is 8.62. The van der Waals surface area contributed by atoms with Crippen molar-refractivity contribution >= 4 is 27.4 Å². The van der Waals surface area contributed by atoms with Crippen LogP contribution in [0.5, 0.6) is 0 Å². The number of carbonyl (C=O) groups excluding carboxylic acids is 1. The van der Waals surface area contributed by atoms with Gasteiger partial charge in [0.2, 0.25) is 0 Å². The molecule has 0 heterocycles. The maximum Gasteiger partial charge on any atom is 0.190 e. The number of ketones is 1. The molecule has 0 rings (SSSR count). The van der Waals surface area contributed by atoms with Crippen LogP contribution in [0.1, 0.15) is 6.92 Å². The SMILES string of the molecule is CO/N=C(\C)C(=O)CBr. The molecule has 0 saturated heterocycles. The summed E-state index contributed by atoms with van der Waals surface area (Å²) in [5.74, 6) is -0.0585. The van der Waals surface area contributed by atoms with Gasteiger partial charge in [-0.1, -0.05) is 21.1 Å². The van der Waals surface area contributed by atoms with Crippen molar-refractivity contribution in [2.45, 2.75) is 6.92 Å². The number of carbonyl (C=O) groups is 1. The first-order valence-electron chi connectivity index (χ1n) is 2.39. The van der Waals surface area contributed by atoms with Gasteiger partial charge in [-0.25, -0.2) is 0 Å². The maximum absolute atomic E-state index is 10.6. The standard InChI is InChI=1S/C5H8BrNO2/c1-4(7-9-2)5(8)3-6/h3H2,1-2H3/b7-4+. The summed E-state index contributed by atoms with van der Waals surface area (Å²) < 4.78 is 0. The lowest BCUT2D eigenvalue weighted by molar-refractivity contribution is -0.110. The minimum atomic E-state index is -0.0585. The van der Waals surface area contributed by atoms with E-state index in [2.05, 4.69) is 25.9 Å². The lowest BCUT2D eigenvalue weighted by atomic mass is 10.3. The van der Waals surface area contributed by atoms with Gasteiger partial charge in [-0.2, -0.15) is 0 Å². The summed E-state index contributed by atoms with van der Waals surface area (Å²) in [4.78, 5) is 15.0. The van der Waals surface area contributed by atoms with E-state index in [0.717, 1.165) is 0 Å². The topological polar surface area (TPSA) is 38.7 Å². The molecule has 3 nitrogen and oxygen atoms in total. The van der Waals surface area contributed by atoms with Crippen LogP contribution in [0, 0.1) is 0 Å². The summed E-state index contributed by atoms with van der Waals surface area (Å²) in [5, 5.41) is 3.73. The summed E-state index contributed by atoms with van der Waals surface area (Å²) in [5.41, 5.74) is 0.384. The quantitative estimate of drug-likeness (QED) is 0.381. The second-order valence-corrected chi connectivity index (χ2v) is 1.98. The Kier molecular flexibility index (Phi) is 4.30. The van der Waals surface area contributed by atoms with Crippen molar-refractivity contribution in [2.24, 2.45) is 5.16 Å². The van der Waals surface area contributed by atoms with Gasteiger partial charge in [0.25, 0.3) is 0 Å². The van der Waals surface area contributed by atoms with E-state index in [1.54, 1.807) is 6.92 Å². The third kappa shape index (κ3) is 3.24. The fraction of sp³-hybridized carbons (Fsp3) is 0.600. The number of hydrogen-bond donors (Lipinski definition) is 0. The minimum absolute atomic E-state index is 0.0585. The molecule has 0 aromatic heterocycles. The summed E-state index contributed by atoms with van der Waals surface area (Å²) in [7, 11) is 1.41. The highest BCUT2D eigenvalue weighted by Gasteiger charge is 2.02. The molecule has 0 N–H and O–H groups in total. The number of rotatable bonds is 3. The largest absolute Gasteiger partial charge is 0.399 e. The average Bonchev–Trinajstić information content (AvgIpc) is 1.87. The Morgan fingerprint density at radius 3 is 2.67 bits per heavy atom. The van der Waals surface area contributed by atoms with Crippen molar-refractivity contribution in [3.05, 3.63) is 0 Å². The van der Waals surface area contributed by atoms with Crippen LogP contribution < -0.4 is 0 Å². The summed E-state index contributed by atoms with van der Waals surface area (Å²) in [6.07, 6.45) is 0. The molecule has 52 valence electrons. The molecule has 0 fully saturated rings. The van der Waals surface area contributed by atoms with E-state index in [0.29, 0.717) is 11.0 Å². The summed E-state index contributed by atoms with van der Waals surface area (Å²) >= 11 is 3.00. The van der Waals surface area contributed by atoms with Gasteiger partial charge in [-0.05, 0) is 6.92 Å². The van der Waals surface area contributed by atoms with E-state index in [1.165, 1.54) is 7.11 Å². The highest BCUT2D eigenvalue weighted by atomic mass is 79.9. The Morgan fingerprint density at radius 1 is 1.78 bits per heavy atom. The molecule has 0 aromatic rings. The zero-order valence-electron chi connectivity index (χ0n) is 5.35. The first-order chi connectivity index (χ1) is 4.22. The fourth-order valence-electron chi connectivity index (χ4n) is 0.285. The molecule has 0 aliphatic heterocycles. The van der Waals surface area contributed by atoms with Crippen LogP contribution in [-0.2, 0) is 9.63 Å². The third-order valence-electron chi connectivity index (χ3n) is 0.753. The zero-order chi connectivity index (χ0) is 7.28. The molecule has 4 heteroatoms. The number of halogens is 1. The molecule has 0 atom stereocenters. The number of alkyl halides is 1. The second-order valence-electron chi connectivity index (χ2n) is 1.42. The van der Waals surface area contributed by atoms with E-state index in [-0.39, 0.29) is 5.78 Å². The predicted octanol–water partition coefficient (Wildman–Crippen LogP) is 0.973. The number of nitrogens with zero attached hydrogens (tertiary/aromatic N) is 1. The normalized spacial score (nSPS) is 11.2. The Labute approximate surface area is 62.2 Å². The number of Topliss-reactive ketones (excluding diaryl/α,β-unsaturated/α-hetero) is 1. The van der Waals surface area contributed by atoms with Gasteiger partial charge >= 0.3 is 0 Å². The van der Waals surface area contributed by atoms with Crippen molar-refractivity contribution in [1.82, 2.24) is 0 Å². The van der Waals surface area contributed by atoms with Crippen LogP contribution in [0.25, 0.3) is 0 Å². The van der Waals surface area contributed by atoms with Crippen molar-refractivity contribution in [3.8, 4) is 0 Å². The first-order valence-corrected chi connectivity index (χ1v) is 3.51. The highest BCUT2D eigenvalue weighted by Crippen LogP contribution is 1.86. The van der Waals surface area contributed by atoms with Gasteiger partial charge < -0.3 is 4.84 Å². The van der Waals surface area contributed by atoms with Crippen LogP contribution in [0.15, 0.2) is 5.16 Å². The van der Waals surface area contributed by atoms with Gasteiger partial charge in [0.15, 0.2) is 5.78 Å². The lowest BCUT2D eigenvalue weighted by Gasteiger charge is -1.91. The Hall–Kier alpha value is -0.380. The predicted molar refractivity (Wildman–Crippen MR) is 38.9 cm³/mol. The van der Waals surface area contributed by atoms with Gasteiger partial charge in [0.05, 0.1) is 5.33 Å². The van der Waals surface area contributed by atoms with Crippen LogP contribution in [0.3, 0.4) is 0 Å². The molecule has 0 amide bonds.